The van der Waals surface area contributed by atoms with Gasteiger partial charge in [0, 0.05) is 20.0 Å². The van der Waals surface area contributed by atoms with Crippen LogP contribution in [0.5, 0.6) is 11.5 Å². The third-order valence-corrected chi connectivity index (χ3v) is 11.3. The van der Waals surface area contributed by atoms with Crippen LogP contribution in [0.15, 0.2) is 54.1 Å². The van der Waals surface area contributed by atoms with Gasteiger partial charge in [0.1, 0.15) is 11.4 Å². The minimum atomic E-state index is -4.89. The highest BCUT2D eigenvalue weighted by Gasteiger charge is 2.63. The zero-order chi connectivity index (χ0) is 40.8. The molecule has 296 valence electrons. The van der Waals surface area contributed by atoms with Gasteiger partial charge >= 0.3 is 12.4 Å². The molecule has 0 bridgehead atoms. The first-order valence-electron chi connectivity index (χ1n) is 17.1. The van der Waals surface area contributed by atoms with E-state index in [0.717, 1.165) is 29.2 Å². The van der Waals surface area contributed by atoms with Gasteiger partial charge in [-0.05, 0) is 67.6 Å². The number of aromatic hydroxyl groups is 1. The van der Waals surface area contributed by atoms with E-state index >= 15 is 0 Å². The summed E-state index contributed by atoms with van der Waals surface area (Å²) in [6.45, 7) is 1.82. The van der Waals surface area contributed by atoms with Crippen LogP contribution in [0.2, 0.25) is 10.0 Å². The van der Waals surface area contributed by atoms with Gasteiger partial charge in [0.2, 0.25) is 0 Å². The molecule has 2 aromatic heterocycles. The van der Waals surface area contributed by atoms with Crippen molar-refractivity contribution in [2.24, 2.45) is 29.6 Å². The number of carbonyl (C=O) groups excluding carboxylic acids is 4. The quantitative estimate of drug-likeness (QED) is 0.156. The first-order valence-corrected chi connectivity index (χ1v) is 17.9. The maximum atomic E-state index is 14.5. The molecule has 0 spiro atoms. The summed E-state index contributed by atoms with van der Waals surface area (Å²) in [4.78, 5) is 64.4. The molecule has 4 aliphatic rings. The topological polar surface area (TPSA) is 136 Å². The fraction of sp³-hybridized carbons (Fsp3) is 0.389. The number of benzene rings is 1. The number of halogens is 8. The normalized spacial score (nSPS) is 24.9. The van der Waals surface area contributed by atoms with Crippen molar-refractivity contribution in [3.8, 4) is 11.5 Å². The van der Waals surface area contributed by atoms with E-state index in [9.17, 15) is 50.6 Å². The summed E-state index contributed by atoms with van der Waals surface area (Å²) in [5.41, 5.74) is -1.75. The van der Waals surface area contributed by atoms with Crippen molar-refractivity contribution in [1.82, 2.24) is 20.0 Å². The van der Waals surface area contributed by atoms with E-state index in [1.54, 1.807) is 13.0 Å². The molecular formula is C36H30Cl2F6N6O6. The number of imide groups is 2. The smallest absolute Gasteiger partial charge is 0.433 e. The lowest BCUT2D eigenvalue weighted by molar-refractivity contribution is -0.143. The van der Waals surface area contributed by atoms with Gasteiger partial charge in [-0.15, -0.1) is 0 Å². The van der Waals surface area contributed by atoms with Crippen LogP contribution < -0.4 is 14.8 Å². The molecule has 2 saturated heterocycles. The van der Waals surface area contributed by atoms with Gasteiger partial charge in [0.05, 0.1) is 40.3 Å². The minimum absolute atomic E-state index is 0.0328. The Balaban J connectivity index is 1.31. The number of rotatable bonds is 7. The molecule has 3 fully saturated rings. The van der Waals surface area contributed by atoms with Crippen molar-refractivity contribution in [3.63, 3.8) is 0 Å². The fourth-order valence-electron chi connectivity index (χ4n) is 8.34. The highest BCUT2D eigenvalue weighted by molar-refractivity contribution is 6.33. The fourth-order valence-corrected chi connectivity index (χ4v) is 8.79. The van der Waals surface area contributed by atoms with Crippen LogP contribution in [-0.2, 0) is 31.5 Å². The molecule has 7 rings (SSSR count). The van der Waals surface area contributed by atoms with Gasteiger partial charge in [-0.1, -0.05) is 40.9 Å². The Labute approximate surface area is 324 Å². The number of alkyl halides is 6. The number of carbonyl (C=O) groups is 4. The molecule has 1 N–H and O–H groups in total. The maximum Gasteiger partial charge on any atom is 0.433 e. The van der Waals surface area contributed by atoms with Gasteiger partial charge in [0.15, 0.2) is 23.1 Å². The Morgan fingerprint density at radius 2 is 1.29 bits per heavy atom. The van der Waals surface area contributed by atoms with Crippen LogP contribution in [0.25, 0.3) is 0 Å². The predicted molar refractivity (Wildman–Crippen MR) is 186 cm³/mol. The largest absolute Gasteiger partial charge is 0.504 e. The van der Waals surface area contributed by atoms with E-state index in [1.807, 2.05) is 0 Å². The number of aromatic nitrogens is 2. The summed E-state index contributed by atoms with van der Waals surface area (Å²) in [5, 5.41) is 13.0. The number of hydrogen-bond acceptors (Lipinski definition) is 10. The number of fused-ring (bicyclic) bond motifs is 4. The maximum absolute atomic E-state index is 14.5. The number of ether oxygens (including phenoxy) is 1. The van der Waals surface area contributed by atoms with Crippen molar-refractivity contribution >= 4 is 58.5 Å². The molecule has 6 unspecified atom stereocenters. The van der Waals surface area contributed by atoms with E-state index in [-0.39, 0.29) is 41.0 Å². The lowest BCUT2D eigenvalue weighted by Gasteiger charge is -2.44. The van der Waals surface area contributed by atoms with E-state index in [0.29, 0.717) is 33.3 Å². The Morgan fingerprint density at radius 3 is 1.80 bits per heavy atom. The molecule has 0 radical (unpaired) electrons. The molecule has 56 heavy (non-hydrogen) atoms. The third-order valence-electron chi connectivity index (χ3n) is 10.7. The second kappa shape index (κ2) is 13.8. The Hall–Kier alpha value is -5.10. The zero-order valence-corrected chi connectivity index (χ0v) is 30.9. The number of nitrogens with zero attached hydrogens (tertiary/aromatic N) is 6. The second-order valence-electron chi connectivity index (χ2n) is 13.7. The van der Waals surface area contributed by atoms with Crippen LogP contribution in [0, 0.1) is 29.6 Å². The van der Waals surface area contributed by atoms with Crippen LogP contribution in [0.3, 0.4) is 0 Å². The number of amides is 4. The summed E-state index contributed by atoms with van der Waals surface area (Å²) in [6.07, 6.45) is -8.26. The molecule has 1 saturated carbocycles. The van der Waals surface area contributed by atoms with Crippen LogP contribution in [0.1, 0.15) is 42.6 Å². The molecule has 2 aliphatic heterocycles. The van der Waals surface area contributed by atoms with Crippen molar-refractivity contribution in [2.45, 2.75) is 38.0 Å². The predicted octanol–water partition coefficient (Wildman–Crippen LogP) is 6.66. The molecule has 6 atom stereocenters. The van der Waals surface area contributed by atoms with Gasteiger partial charge in [0.25, 0.3) is 23.6 Å². The summed E-state index contributed by atoms with van der Waals surface area (Å²) in [6, 6.07) is 7.49. The highest BCUT2D eigenvalue weighted by Crippen LogP contribution is 2.59. The lowest BCUT2D eigenvalue weighted by atomic mass is 9.57. The number of phenols is 1. The van der Waals surface area contributed by atoms with Gasteiger partial charge in [-0.2, -0.15) is 36.4 Å². The first-order chi connectivity index (χ1) is 26.3. The van der Waals surface area contributed by atoms with Gasteiger partial charge < -0.3 is 9.84 Å². The van der Waals surface area contributed by atoms with Crippen molar-refractivity contribution in [1.29, 1.82) is 0 Å². The molecule has 1 aromatic carbocycles. The number of anilines is 2. The summed E-state index contributed by atoms with van der Waals surface area (Å²) >= 11 is 12.5. The third kappa shape index (κ3) is 6.26. The molecule has 4 amide bonds. The first kappa shape index (κ1) is 39.1. The van der Waals surface area contributed by atoms with Crippen molar-refractivity contribution in [3.05, 3.63) is 81.1 Å². The molecule has 20 heteroatoms. The number of hydrogen-bond donors (Lipinski definition) is 1. The van der Waals surface area contributed by atoms with E-state index < -0.39 is 94.5 Å². The van der Waals surface area contributed by atoms with Crippen LogP contribution >= 0.6 is 23.2 Å². The number of phenolic OH excluding ortho intramolecular Hbond substituents is 1. The molecule has 12 nitrogen and oxygen atoms in total. The summed E-state index contributed by atoms with van der Waals surface area (Å²) < 4.78 is 87.4. The van der Waals surface area contributed by atoms with Crippen molar-refractivity contribution < 1.29 is 55.4 Å². The Bertz CT molecular complexity index is 2200. The minimum Gasteiger partial charge on any atom is -0.504 e. The number of hydrazine groups is 2. The van der Waals surface area contributed by atoms with E-state index in [1.165, 1.54) is 25.2 Å². The average molecular weight is 828 g/mol. The summed E-state index contributed by atoms with van der Waals surface area (Å²) in [7, 11) is 2.33. The van der Waals surface area contributed by atoms with Gasteiger partial charge in [-0.25, -0.2) is 9.97 Å². The highest BCUT2D eigenvalue weighted by atomic mass is 35.5. The van der Waals surface area contributed by atoms with E-state index in [4.69, 9.17) is 27.9 Å². The zero-order valence-electron chi connectivity index (χ0n) is 29.4. The van der Waals surface area contributed by atoms with E-state index in [2.05, 4.69) is 9.97 Å². The monoisotopic (exact) mass is 826 g/mol. The average Bonchev–Trinajstić information content (AvgIpc) is 3.54. The van der Waals surface area contributed by atoms with Crippen molar-refractivity contribution in [2.75, 3.05) is 30.7 Å². The summed E-state index contributed by atoms with van der Waals surface area (Å²) in [5.74, 6) is -10.9. The standard InChI is InChI=1S/C36H30Cl2F6N6O6/c1-4-56-23-13-15(5-10-22(23)51)26-16-6-7-17-27(33(54)49(31(17)52)47(2)29-20(37)8-11-24(45-29)35(39,40)41)18(16)14-19-28(26)34(55)50(32(19)53)48(3)30-21(38)9-12-25(46-30)36(42,43)44/h5-6,8-13,17-19,26-28,51H,4,7,14H2,1-3H3. The lowest BCUT2D eigenvalue weighted by Crippen LogP contribution is -2.46. The second-order valence-corrected chi connectivity index (χ2v) is 14.5. The number of pyridine rings is 2. The Kier molecular flexibility index (Phi) is 9.66. The van der Waals surface area contributed by atoms with Crippen LogP contribution in [-0.4, -0.2) is 69.4 Å². The van der Waals surface area contributed by atoms with Gasteiger partial charge in [-0.3, -0.25) is 29.2 Å². The molecule has 2 aliphatic carbocycles. The molecule has 3 aromatic rings. The van der Waals surface area contributed by atoms with Crippen LogP contribution in [0.4, 0.5) is 38.0 Å². The molecular weight excluding hydrogens is 797 g/mol. The SMILES string of the molecule is CCOc1cc(C2C3=CCC4C(=O)N(N(C)c5nc(C(F)(F)F)ccc5Cl)C(=O)C4C3CC3C(=O)N(N(C)c4nc(C(F)(F)F)ccc4Cl)C(=O)C32)ccc1O. The Morgan fingerprint density at radius 1 is 0.768 bits per heavy atom. The number of allylic oxidation sites excluding steroid dienone is 2. The molecule has 4 heterocycles.